The van der Waals surface area contributed by atoms with Gasteiger partial charge in [-0.3, -0.25) is 4.57 Å². The maximum atomic E-state index is 6.03. The molecule has 15 heavy (non-hydrogen) atoms. The van der Waals surface area contributed by atoms with Crippen molar-refractivity contribution in [2.45, 2.75) is 26.3 Å². The van der Waals surface area contributed by atoms with Gasteiger partial charge < -0.3 is 0 Å². The number of hydrogen-bond donors (Lipinski definition) is 0. The number of hydrogen-bond acceptors (Lipinski definition) is 3. The van der Waals surface area contributed by atoms with E-state index in [1.807, 2.05) is 11.5 Å². The molecule has 2 rings (SSSR count). The molecule has 0 aliphatic heterocycles. The molecule has 0 spiro atoms. The van der Waals surface area contributed by atoms with Crippen LogP contribution < -0.4 is 0 Å². The summed E-state index contributed by atoms with van der Waals surface area (Å²) < 4.78 is 1.98. The molecule has 0 radical (unpaired) electrons. The number of thiophene rings is 1. The Labute approximate surface area is 97.7 Å². The van der Waals surface area contributed by atoms with Crippen LogP contribution in [0.1, 0.15) is 30.1 Å². The van der Waals surface area contributed by atoms with Gasteiger partial charge in [0.15, 0.2) is 0 Å². The third-order valence-corrected chi connectivity index (χ3v) is 3.63. The van der Waals surface area contributed by atoms with Gasteiger partial charge in [0.2, 0.25) is 5.28 Å². The average Bonchev–Trinajstić information content (AvgIpc) is 2.83. The lowest BCUT2D eigenvalue weighted by molar-refractivity contribution is 0.561. The normalized spacial score (nSPS) is 13.0. The molecule has 1 atom stereocenters. The van der Waals surface area contributed by atoms with Gasteiger partial charge in [-0.15, -0.1) is 21.5 Å². The zero-order valence-electron chi connectivity index (χ0n) is 8.64. The fourth-order valence-electron chi connectivity index (χ4n) is 1.69. The fraction of sp³-hybridized carbons (Fsp3) is 0.400. The minimum absolute atomic E-state index is 0.257. The second-order valence-corrected chi connectivity index (χ2v) is 4.64. The van der Waals surface area contributed by atoms with Gasteiger partial charge in [0.1, 0.15) is 5.82 Å². The molecule has 80 valence electrons. The molecule has 5 heteroatoms. The lowest BCUT2D eigenvalue weighted by Crippen LogP contribution is -2.10. The van der Waals surface area contributed by atoms with E-state index in [1.54, 1.807) is 11.3 Å². The van der Waals surface area contributed by atoms with E-state index in [-0.39, 0.29) is 6.04 Å². The fourth-order valence-corrected chi connectivity index (χ4v) is 2.87. The van der Waals surface area contributed by atoms with E-state index >= 15 is 0 Å². The first-order chi connectivity index (χ1) is 7.24. The lowest BCUT2D eigenvalue weighted by atomic mass is 10.2. The maximum Gasteiger partial charge on any atom is 0.225 e. The summed E-state index contributed by atoms with van der Waals surface area (Å²) in [6, 6.07) is 4.43. The minimum Gasteiger partial charge on any atom is -0.294 e. The van der Waals surface area contributed by atoms with Crippen molar-refractivity contribution in [3.8, 4) is 0 Å². The topological polar surface area (TPSA) is 30.7 Å². The van der Waals surface area contributed by atoms with E-state index in [4.69, 9.17) is 11.6 Å². The molecule has 2 aromatic heterocycles. The van der Waals surface area contributed by atoms with Crippen LogP contribution in [0.3, 0.4) is 0 Å². The number of rotatable bonds is 3. The predicted octanol–water partition coefficient (Wildman–Crippen LogP) is 3.30. The number of nitrogens with zero attached hydrogens (tertiary/aromatic N) is 3. The minimum atomic E-state index is 0.257. The van der Waals surface area contributed by atoms with Crippen molar-refractivity contribution in [1.29, 1.82) is 0 Å². The van der Waals surface area contributed by atoms with Gasteiger partial charge in [-0.05, 0) is 36.4 Å². The lowest BCUT2D eigenvalue weighted by Gasteiger charge is -2.16. The van der Waals surface area contributed by atoms with E-state index in [0.29, 0.717) is 5.28 Å². The highest BCUT2D eigenvalue weighted by atomic mass is 35.5. The van der Waals surface area contributed by atoms with Crippen molar-refractivity contribution >= 4 is 22.9 Å². The summed E-state index contributed by atoms with van der Waals surface area (Å²) in [5.41, 5.74) is 0. The molecule has 0 aromatic carbocycles. The molecule has 1 unspecified atom stereocenters. The molecule has 0 bridgehead atoms. The predicted molar refractivity (Wildman–Crippen MR) is 62.5 cm³/mol. The molecular weight excluding hydrogens is 230 g/mol. The first-order valence-electron chi connectivity index (χ1n) is 4.84. The van der Waals surface area contributed by atoms with E-state index in [9.17, 15) is 0 Å². The molecule has 2 aromatic rings. The zero-order chi connectivity index (χ0) is 10.8. The van der Waals surface area contributed by atoms with Gasteiger partial charge in [0.05, 0.1) is 6.04 Å². The van der Waals surface area contributed by atoms with Crippen molar-refractivity contribution < 1.29 is 0 Å². The number of halogens is 1. The second kappa shape index (κ2) is 4.33. The van der Waals surface area contributed by atoms with Gasteiger partial charge in [-0.2, -0.15) is 0 Å². The largest absolute Gasteiger partial charge is 0.294 e. The smallest absolute Gasteiger partial charge is 0.225 e. The molecule has 0 aliphatic rings. The van der Waals surface area contributed by atoms with Gasteiger partial charge >= 0.3 is 0 Å². The van der Waals surface area contributed by atoms with Crippen LogP contribution in [0.4, 0.5) is 0 Å². The molecule has 3 nitrogen and oxygen atoms in total. The highest BCUT2D eigenvalue weighted by Gasteiger charge is 2.18. The van der Waals surface area contributed by atoms with Crippen molar-refractivity contribution in [2.24, 2.45) is 0 Å². The Morgan fingerprint density at radius 2 is 2.33 bits per heavy atom. The van der Waals surface area contributed by atoms with Crippen LogP contribution in [-0.4, -0.2) is 14.8 Å². The SMILES string of the molecule is CCC(c1cccs1)n1c(C)nnc1Cl. The van der Waals surface area contributed by atoms with Gasteiger partial charge in [0, 0.05) is 4.88 Å². The molecule has 0 amide bonds. The standard InChI is InChI=1S/C10H12ClN3S/c1-3-8(9-5-4-6-15-9)14-7(2)12-13-10(14)11/h4-6,8H,3H2,1-2H3. The first-order valence-corrected chi connectivity index (χ1v) is 6.10. The van der Waals surface area contributed by atoms with E-state index in [1.165, 1.54) is 4.88 Å². The van der Waals surface area contributed by atoms with Gasteiger partial charge in [0.25, 0.3) is 0 Å². The first kappa shape index (κ1) is 10.6. The van der Waals surface area contributed by atoms with Crippen LogP contribution in [0.2, 0.25) is 5.28 Å². The van der Waals surface area contributed by atoms with Crippen LogP contribution in [-0.2, 0) is 0 Å². The van der Waals surface area contributed by atoms with Gasteiger partial charge in [-0.25, -0.2) is 0 Å². The van der Waals surface area contributed by atoms with Crippen molar-refractivity contribution in [3.05, 3.63) is 33.5 Å². The van der Waals surface area contributed by atoms with Crippen molar-refractivity contribution in [2.75, 3.05) is 0 Å². The summed E-state index contributed by atoms with van der Waals surface area (Å²) >= 11 is 7.77. The van der Waals surface area contributed by atoms with Crippen LogP contribution >= 0.6 is 22.9 Å². The number of aromatic nitrogens is 3. The monoisotopic (exact) mass is 241 g/mol. The molecule has 0 N–H and O–H groups in total. The van der Waals surface area contributed by atoms with E-state index in [2.05, 4.69) is 34.6 Å². The van der Waals surface area contributed by atoms with Gasteiger partial charge in [-0.1, -0.05) is 13.0 Å². The summed E-state index contributed by atoms with van der Waals surface area (Å²) in [5, 5.41) is 10.4. The third-order valence-electron chi connectivity index (χ3n) is 2.39. The Kier molecular flexibility index (Phi) is 3.07. The Morgan fingerprint density at radius 3 is 2.80 bits per heavy atom. The molecule has 2 heterocycles. The second-order valence-electron chi connectivity index (χ2n) is 3.33. The Bertz CT molecular complexity index is 416. The van der Waals surface area contributed by atoms with Crippen LogP contribution in [0.5, 0.6) is 0 Å². The molecule has 0 saturated heterocycles. The van der Waals surface area contributed by atoms with E-state index < -0.39 is 0 Å². The highest BCUT2D eigenvalue weighted by Crippen LogP contribution is 2.29. The summed E-state index contributed by atoms with van der Waals surface area (Å²) in [5.74, 6) is 0.861. The molecule has 0 aliphatic carbocycles. The average molecular weight is 242 g/mol. The molecule has 0 fully saturated rings. The van der Waals surface area contributed by atoms with Crippen LogP contribution in [0, 0.1) is 6.92 Å². The van der Waals surface area contributed by atoms with Crippen molar-refractivity contribution in [3.63, 3.8) is 0 Å². The summed E-state index contributed by atoms with van der Waals surface area (Å²) in [6.07, 6.45) is 0.985. The summed E-state index contributed by atoms with van der Waals surface area (Å²) in [7, 11) is 0. The number of aryl methyl sites for hydroxylation is 1. The zero-order valence-corrected chi connectivity index (χ0v) is 10.2. The Hall–Kier alpha value is -0.870. The highest BCUT2D eigenvalue weighted by molar-refractivity contribution is 7.10. The molecule has 0 saturated carbocycles. The Balaban J connectivity index is 2.44. The summed E-state index contributed by atoms with van der Waals surface area (Å²) in [4.78, 5) is 1.29. The van der Waals surface area contributed by atoms with Crippen LogP contribution in [0.15, 0.2) is 17.5 Å². The van der Waals surface area contributed by atoms with E-state index in [0.717, 1.165) is 12.2 Å². The summed E-state index contributed by atoms with van der Waals surface area (Å²) in [6.45, 7) is 4.06. The maximum absolute atomic E-state index is 6.03. The Morgan fingerprint density at radius 1 is 1.53 bits per heavy atom. The quantitative estimate of drug-likeness (QED) is 0.826. The van der Waals surface area contributed by atoms with Crippen molar-refractivity contribution in [1.82, 2.24) is 14.8 Å². The van der Waals surface area contributed by atoms with Crippen LogP contribution in [0.25, 0.3) is 0 Å². The third kappa shape index (κ3) is 1.92. The molecular formula is C10H12ClN3S.